The molecule has 0 aliphatic carbocycles. The number of carbonyl (C=O) groups is 1. The number of unbranched alkanes of at least 4 members (excludes halogenated alkanes) is 6. The molecule has 3 aromatic rings. The van der Waals surface area contributed by atoms with E-state index in [0.29, 0.717) is 12.4 Å². The van der Waals surface area contributed by atoms with E-state index < -0.39 is 5.97 Å². The standard InChI is InChI=1S/C29H36N2O3/c1-3-5-7-9-11-23-12-14-24(15-13-23)27-21-31-28(22-30-27)29(32)34-26-18-16-25(17-19-26)33-20-10-8-6-4-2/h12-19,21-22H,3-11,20H2,1-2H3. The van der Waals surface area contributed by atoms with Crippen molar-refractivity contribution in [2.45, 2.75) is 71.6 Å². The number of carbonyl (C=O) groups excluding carboxylic acids is 1. The Hall–Kier alpha value is -3.21. The SMILES string of the molecule is CCCCCCOc1ccc(OC(=O)c2cnc(-c3ccc(CCCCCC)cc3)cn2)cc1. The van der Waals surface area contributed by atoms with Crippen molar-refractivity contribution in [3.05, 3.63) is 72.2 Å². The summed E-state index contributed by atoms with van der Waals surface area (Å²) in [7, 11) is 0. The fourth-order valence-corrected chi connectivity index (χ4v) is 3.66. The molecule has 3 rings (SSSR count). The summed E-state index contributed by atoms with van der Waals surface area (Å²) in [6.45, 7) is 5.11. The molecule has 0 fully saturated rings. The van der Waals surface area contributed by atoms with Crippen LogP contribution in [-0.2, 0) is 6.42 Å². The first-order valence-corrected chi connectivity index (χ1v) is 12.6. The Morgan fingerprint density at radius 2 is 1.41 bits per heavy atom. The number of aryl methyl sites for hydroxylation is 1. The highest BCUT2D eigenvalue weighted by molar-refractivity contribution is 5.88. The lowest BCUT2D eigenvalue weighted by Crippen LogP contribution is -2.11. The van der Waals surface area contributed by atoms with E-state index in [0.717, 1.165) is 29.8 Å². The molecule has 0 atom stereocenters. The number of hydrogen-bond donors (Lipinski definition) is 0. The Kier molecular flexibility index (Phi) is 10.6. The van der Waals surface area contributed by atoms with Gasteiger partial charge in [0.25, 0.3) is 0 Å². The molecule has 0 bridgehead atoms. The molecule has 1 heterocycles. The molecule has 180 valence electrons. The highest BCUT2D eigenvalue weighted by atomic mass is 16.5. The van der Waals surface area contributed by atoms with Crippen molar-refractivity contribution >= 4 is 5.97 Å². The topological polar surface area (TPSA) is 61.3 Å². The van der Waals surface area contributed by atoms with Crippen molar-refractivity contribution in [2.24, 2.45) is 0 Å². The monoisotopic (exact) mass is 460 g/mol. The number of hydrogen-bond acceptors (Lipinski definition) is 5. The third-order valence-electron chi connectivity index (χ3n) is 5.73. The lowest BCUT2D eigenvalue weighted by molar-refractivity contribution is 0.0728. The Bertz CT molecular complexity index is 983. The Balaban J connectivity index is 1.49. The van der Waals surface area contributed by atoms with Gasteiger partial charge in [0.15, 0.2) is 5.69 Å². The quantitative estimate of drug-likeness (QED) is 0.142. The van der Waals surface area contributed by atoms with Gasteiger partial charge >= 0.3 is 5.97 Å². The Morgan fingerprint density at radius 3 is 2.06 bits per heavy atom. The van der Waals surface area contributed by atoms with Gasteiger partial charge in [0.05, 0.1) is 24.7 Å². The smallest absolute Gasteiger partial charge is 0.363 e. The third-order valence-corrected chi connectivity index (χ3v) is 5.73. The number of benzene rings is 2. The zero-order chi connectivity index (χ0) is 24.0. The van der Waals surface area contributed by atoms with Crippen molar-refractivity contribution in [1.82, 2.24) is 9.97 Å². The number of rotatable bonds is 14. The molecule has 1 aromatic heterocycles. The lowest BCUT2D eigenvalue weighted by Gasteiger charge is -2.08. The summed E-state index contributed by atoms with van der Waals surface area (Å²) >= 11 is 0. The molecular formula is C29H36N2O3. The molecule has 2 aromatic carbocycles. The highest BCUT2D eigenvalue weighted by Crippen LogP contribution is 2.20. The second-order valence-corrected chi connectivity index (χ2v) is 8.56. The molecule has 0 saturated carbocycles. The van der Waals surface area contributed by atoms with E-state index >= 15 is 0 Å². The van der Waals surface area contributed by atoms with Gasteiger partial charge in [0.2, 0.25) is 0 Å². The van der Waals surface area contributed by atoms with Gasteiger partial charge in [-0.3, -0.25) is 4.98 Å². The van der Waals surface area contributed by atoms with Crippen molar-refractivity contribution in [3.63, 3.8) is 0 Å². The molecule has 5 heteroatoms. The Labute approximate surface area is 203 Å². The van der Waals surface area contributed by atoms with E-state index in [-0.39, 0.29) is 5.69 Å². The fourth-order valence-electron chi connectivity index (χ4n) is 3.66. The average molecular weight is 461 g/mol. The van der Waals surface area contributed by atoms with Crippen LogP contribution in [-0.4, -0.2) is 22.5 Å². The number of ether oxygens (including phenoxy) is 2. The summed E-state index contributed by atoms with van der Waals surface area (Å²) in [6.07, 6.45) is 13.9. The number of esters is 1. The first kappa shape index (κ1) is 25.4. The summed E-state index contributed by atoms with van der Waals surface area (Å²) in [5.74, 6) is 0.686. The van der Waals surface area contributed by atoms with Gasteiger partial charge in [-0.1, -0.05) is 76.6 Å². The zero-order valence-corrected chi connectivity index (χ0v) is 20.5. The van der Waals surface area contributed by atoms with E-state index in [1.165, 1.54) is 56.7 Å². The third kappa shape index (κ3) is 8.29. The molecule has 34 heavy (non-hydrogen) atoms. The maximum atomic E-state index is 12.5. The second kappa shape index (κ2) is 14.1. The summed E-state index contributed by atoms with van der Waals surface area (Å²) in [4.78, 5) is 21.1. The predicted octanol–water partition coefficient (Wildman–Crippen LogP) is 7.44. The van der Waals surface area contributed by atoms with E-state index in [2.05, 4.69) is 48.1 Å². The van der Waals surface area contributed by atoms with Crippen LogP contribution in [0, 0.1) is 0 Å². The van der Waals surface area contributed by atoms with Crippen LogP contribution in [0.4, 0.5) is 0 Å². The van der Waals surface area contributed by atoms with E-state index in [1.54, 1.807) is 18.3 Å². The van der Waals surface area contributed by atoms with Gasteiger partial charge < -0.3 is 9.47 Å². The van der Waals surface area contributed by atoms with Crippen LogP contribution in [0.2, 0.25) is 0 Å². The van der Waals surface area contributed by atoms with Crippen LogP contribution in [0.3, 0.4) is 0 Å². The number of nitrogens with zero attached hydrogens (tertiary/aromatic N) is 2. The van der Waals surface area contributed by atoms with E-state index in [1.807, 2.05) is 12.1 Å². The van der Waals surface area contributed by atoms with Crippen molar-refractivity contribution in [1.29, 1.82) is 0 Å². The molecule has 0 radical (unpaired) electrons. The van der Waals surface area contributed by atoms with E-state index in [9.17, 15) is 4.79 Å². The van der Waals surface area contributed by atoms with Gasteiger partial charge in [-0.15, -0.1) is 0 Å². The summed E-state index contributed by atoms with van der Waals surface area (Å²) in [6, 6.07) is 15.5. The average Bonchev–Trinajstić information content (AvgIpc) is 2.88. The largest absolute Gasteiger partial charge is 0.494 e. The molecule has 0 spiro atoms. The van der Waals surface area contributed by atoms with E-state index in [4.69, 9.17) is 9.47 Å². The molecule has 0 N–H and O–H groups in total. The minimum absolute atomic E-state index is 0.174. The van der Waals surface area contributed by atoms with Crippen LogP contribution in [0.1, 0.15) is 81.3 Å². The first-order valence-electron chi connectivity index (χ1n) is 12.6. The van der Waals surface area contributed by atoms with Crippen LogP contribution in [0.15, 0.2) is 60.9 Å². The maximum absolute atomic E-state index is 12.5. The normalized spacial score (nSPS) is 10.8. The van der Waals surface area contributed by atoms with Crippen LogP contribution in [0.25, 0.3) is 11.3 Å². The van der Waals surface area contributed by atoms with Gasteiger partial charge in [0.1, 0.15) is 11.5 Å². The van der Waals surface area contributed by atoms with Crippen LogP contribution < -0.4 is 9.47 Å². The highest BCUT2D eigenvalue weighted by Gasteiger charge is 2.12. The second-order valence-electron chi connectivity index (χ2n) is 8.56. The Morgan fingerprint density at radius 1 is 0.735 bits per heavy atom. The van der Waals surface area contributed by atoms with Crippen molar-refractivity contribution in [2.75, 3.05) is 6.61 Å². The maximum Gasteiger partial charge on any atom is 0.363 e. The van der Waals surface area contributed by atoms with Gasteiger partial charge in [-0.05, 0) is 49.1 Å². The zero-order valence-electron chi connectivity index (χ0n) is 20.5. The first-order chi connectivity index (χ1) is 16.7. The minimum atomic E-state index is -0.533. The van der Waals surface area contributed by atoms with Crippen molar-refractivity contribution in [3.8, 4) is 22.8 Å². The summed E-state index contributed by atoms with van der Waals surface area (Å²) < 4.78 is 11.2. The molecule has 5 nitrogen and oxygen atoms in total. The molecule has 0 saturated heterocycles. The molecule has 0 amide bonds. The van der Waals surface area contributed by atoms with Gasteiger partial charge in [0, 0.05) is 5.56 Å². The molecular weight excluding hydrogens is 424 g/mol. The van der Waals surface area contributed by atoms with Gasteiger partial charge in [-0.25, -0.2) is 9.78 Å². The van der Waals surface area contributed by atoms with Crippen LogP contribution in [0.5, 0.6) is 11.5 Å². The fraction of sp³-hybridized carbons (Fsp3) is 0.414. The minimum Gasteiger partial charge on any atom is -0.494 e. The summed E-state index contributed by atoms with van der Waals surface area (Å²) in [5, 5.41) is 0. The number of aromatic nitrogens is 2. The molecule has 0 aliphatic rings. The van der Waals surface area contributed by atoms with Crippen LogP contribution >= 0.6 is 0 Å². The summed E-state index contributed by atoms with van der Waals surface area (Å²) in [5.41, 5.74) is 3.22. The van der Waals surface area contributed by atoms with Gasteiger partial charge in [-0.2, -0.15) is 0 Å². The molecule has 0 aliphatic heterocycles. The molecule has 0 unspecified atom stereocenters. The predicted molar refractivity (Wildman–Crippen MR) is 136 cm³/mol. The lowest BCUT2D eigenvalue weighted by atomic mass is 10.0. The van der Waals surface area contributed by atoms with Crippen molar-refractivity contribution < 1.29 is 14.3 Å².